The van der Waals surface area contributed by atoms with Gasteiger partial charge in [0.2, 0.25) is 0 Å². The Hall–Kier alpha value is -0.640. The molecule has 0 aromatic carbocycles. The van der Waals surface area contributed by atoms with Crippen LogP contribution in [0.2, 0.25) is 0 Å². The Morgan fingerprint density at radius 3 is 2.21 bits per heavy atom. The lowest BCUT2D eigenvalue weighted by Crippen LogP contribution is -2.12. The van der Waals surface area contributed by atoms with Crippen molar-refractivity contribution in [3.05, 3.63) is 16.0 Å². The van der Waals surface area contributed by atoms with Crippen LogP contribution in [0.4, 0.5) is 5.82 Å². The molecule has 19 heavy (non-hydrogen) atoms. The first-order chi connectivity index (χ1) is 9.03. The lowest BCUT2D eigenvalue weighted by molar-refractivity contribution is 0.582. The Balaban J connectivity index is 3.21. The van der Waals surface area contributed by atoms with Crippen molar-refractivity contribution < 1.29 is 0 Å². The minimum Gasteiger partial charge on any atom is -0.369 e. The molecule has 0 aliphatic heterocycles. The van der Waals surface area contributed by atoms with Crippen LogP contribution >= 0.6 is 15.9 Å². The second-order valence-electron chi connectivity index (χ2n) is 5.33. The van der Waals surface area contributed by atoms with E-state index >= 15 is 0 Å². The molecule has 3 nitrogen and oxygen atoms in total. The van der Waals surface area contributed by atoms with E-state index in [1.807, 2.05) is 0 Å². The van der Waals surface area contributed by atoms with E-state index in [9.17, 15) is 0 Å². The average Bonchev–Trinajstić information content (AvgIpc) is 2.36. The molecule has 0 aliphatic rings. The van der Waals surface area contributed by atoms with Crippen LogP contribution in [0.3, 0.4) is 0 Å². The highest BCUT2D eigenvalue weighted by molar-refractivity contribution is 9.10. The summed E-state index contributed by atoms with van der Waals surface area (Å²) in [7, 11) is 0. The first-order valence-electron chi connectivity index (χ1n) is 7.33. The number of hydrogen-bond donors (Lipinski definition) is 1. The second kappa shape index (κ2) is 7.83. The third-order valence-corrected chi connectivity index (χ3v) is 4.07. The van der Waals surface area contributed by atoms with Crippen molar-refractivity contribution in [1.29, 1.82) is 0 Å². The minimum absolute atomic E-state index is 0.455. The zero-order chi connectivity index (χ0) is 14.4. The molecular weight excluding hydrogens is 302 g/mol. The summed E-state index contributed by atoms with van der Waals surface area (Å²) in [5.74, 6) is 2.97. The van der Waals surface area contributed by atoms with Gasteiger partial charge in [-0.1, -0.05) is 27.7 Å². The number of hydrogen-bond acceptors (Lipinski definition) is 3. The predicted molar refractivity (Wildman–Crippen MR) is 85.8 cm³/mol. The fraction of sp³-hybridized carbons (Fsp3) is 0.733. The Morgan fingerprint density at radius 2 is 1.74 bits per heavy atom. The van der Waals surface area contributed by atoms with Crippen molar-refractivity contribution in [3.8, 4) is 0 Å². The molecule has 0 aliphatic carbocycles. The Kier molecular flexibility index (Phi) is 6.76. The number of aromatic nitrogens is 2. The number of nitrogens with zero attached hydrogens (tertiary/aromatic N) is 2. The summed E-state index contributed by atoms with van der Waals surface area (Å²) in [5.41, 5.74) is 1.13. The van der Waals surface area contributed by atoms with Gasteiger partial charge in [0.25, 0.3) is 0 Å². The van der Waals surface area contributed by atoms with Gasteiger partial charge in [-0.15, -0.1) is 0 Å². The SMILES string of the molecule is CCNc1nc(C(CC)CC)nc(CC(C)C)c1Br. The molecule has 1 heterocycles. The van der Waals surface area contributed by atoms with Crippen LogP contribution in [0.15, 0.2) is 4.47 Å². The lowest BCUT2D eigenvalue weighted by atomic mass is 10.0. The molecule has 0 spiro atoms. The van der Waals surface area contributed by atoms with E-state index < -0.39 is 0 Å². The third kappa shape index (κ3) is 4.44. The lowest BCUT2D eigenvalue weighted by Gasteiger charge is -2.17. The minimum atomic E-state index is 0.455. The molecule has 0 bridgehead atoms. The van der Waals surface area contributed by atoms with Crippen LogP contribution in [0.1, 0.15) is 64.9 Å². The molecule has 0 saturated carbocycles. The van der Waals surface area contributed by atoms with Gasteiger partial charge in [0, 0.05) is 12.5 Å². The van der Waals surface area contributed by atoms with Crippen molar-refractivity contribution >= 4 is 21.7 Å². The van der Waals surface area contributed by atoms with Gasteiger partial charge in [0.15, 0.2) is 0 Å². The van der Waals surface area contributed by atoms with Gasteiger partial charge in [-0.3, -0.25) is 0 Å². The van der Waals surface area contributed by atoms with Crippen LogP contribution in [0.25, 0.3) is 0 Å². The molecule has 1 rings (SSSR count). The maximum absolute atomic E-state index is 4.80. The monoisotopic (exact) mass is 327 g/mol. The molecule has 0 unspecified atom stereocenters. The van der Waals surface area contributed by atoms with Crippen molar-refractivity contribution in [1.82, 2.24) is 9.97 Å². The highest BCUT2D eigenvalue weighted by atomic mass is 79.9. The van der Waals surface area contributed by atoms with Crippen LogP contribution < -0.4 is 5.32 Å². The first kappa shape index (κ1) is 16.4. The van der Waals surface area contributed by atoms with E-state index in [1.54, 1.807) is 0 Å². The quantitative estimate of drug-likeness (QED) is 0.783. The summed E-state index contributed by atoms with van der Waals surface area (Å²) in [6.45, 7) is 11.8. The van der Waals surface area contributed by atoms with Gasteiger partial charge >= 0.3 is 0 Å². The third-order valence-electron chi connectivity index (χ3n) is 3.23. The molecule has 108 valence electrons. The molecule has 1 aromatic rings. The smallest absolute Gasteiger partial charge is 0.144 e. The molecule has 4 heteroatoms. The Labute approximate surface area is 125 Å². The van der Waals surface area contributed by atoms with Crippen molar-refractivity contribution in [2.45, 2.75) is 59.8 Å². The van der Waals surface area contributed by atoms with E-state index in [1.165, 1.54) is 0 Å². The van der Waals surface area contributed by atoms with Crippen LogP contribution in [0, 0.1) is 5.92 Å². The first-order valence-corrected chi connectivity index (χ1v) is 8.12. The number of rotatable bonds is 7. The van der Waals surface area contributed by atoms with Gasteiger partial charge in [-0.2, -0.15) is 0 Å². The van der Waals surface area contributed by atoms with Gasteiger partial charge in [0.05, 0.1) is 10.2 Å². The maximum atomic E-state index is 4.80. The van der Waals surface area contributed by atoms with Gasteiger partial charge in [-0.25, -0.2) is 9.97 Å². The predicted octanol–water partition coefficient (Wildman–Crippen LogP) is 4.77. The van der Waals surface area contributed by atoms with Gasteiger partial charge in [0.1, 0.15) is 11.6 Å². The highest BCUT2D eigenvalue weighted by Crippen LogP contribution is 2.29. The molecule has 0 amide bonds. The summed E-state index contributed by atoms with van der Waals surface area (Å²) in [6, 6.07) is 0. The van der Waals surface area contributed by atoms with E-state index in [2.05, 4.69) is 55.9 Å². The maximum Gasteiger partial charge on any atom is 0.144 e. The van der Waals surface area contributed by atoms with Crippen molar-refractivity contribution in [2.24, 2.45) is 5.92 Å². The summed E-state index contributed by atoms with van der Waals surface area (Å²) >= 11 is 3.65. The molecule has 0 fully saturated rings. The van der Waals surface area contributed by atoms with Crippen LogP contribution in [-0.2, 0) is 6.42 Å². The molecule has 1 aromatic heterocycles. The molecule has 1 N–H and O–H groups in total. The number of halogens is 1. The van der Waals surface area contributed by atoms with Crippen molar-refractivity contribution in [3.63, 3.8) is 0 Å². The number of anilines is 1. The standard InChI is InChI=1S/C15H26BrN3/c1-6-11(7-2)14-18-12(9-10(4)5)13(16)15(19-14)17-8-3/h10-11H,6-9H2,1-5H3,(H,17,18,19). The average molecular weight is 328 g/mol. The molecule has 0 saturated heterocycles. The van der Waals surface area contributed by atoms with Crippen LogP contribution in [0.5, 0.6) is 0 Å². The fourth-order valence-electron chi connectivity index (χ4n) is 2.16. The van der Waals surface area contributed by atoms with E-state index in [0.29, 0.717) is 11.8 Å². The zero-order valence-corrected chi connectivity index (χ0v) is 14.3. The summed E-state index contributed by atoms with van der Waals surface area (Å²) < 4.78 is 1.03. The topological polar surface area (TPSA) is 37.8 Å². The van der Waals surface area contributed by atoms with Crippen LogP contribution in [-0.4, -0.2) is 16.5 Å². The highest BCUT2D eigenvalue weighted by Gasteiger charge is 2.17. The summed E-state index contributed by atoms with van der Waals surface area (Å²) in [6.07, 6.45) is 3.16. The molecular formula is C15H26BrN3. The van der Waals surface area contributed by atoms with Gasteiger partial charge < -0.3 is 5.32 Å². The number of nitrogens with one attached hydrogen (secondary N) is 1. The summed E-state index contributed by atoms with van der Waals surface area (Å²) in [4.78, 5) is 9.50. The Bertz CT molecular complexity index is 401. The van der Waals surface area contributed by atoms with E-state index in [4.69, 9.17) is 9.97 Å². The normalized spacial score (nSPS) is 11.4. The van der Waals surface area contributed by atoms with Gasteiger partial charge in [-0.05, 0) is 48.0 Å². The summed E-state index contributed by atoms with van der Waals surface area (Å²) in [5, 5.41) is 3.33. The Morgan fingerprint density at radius 1 is 1.11 bits per heavy atom. The second-order valence-corrected chi connectivity index (χ2v) is 6.13. The largest absolute Gasteiger partial charge is 0.369 e. The molecule has 0 radical (unpaired) electrons. The van der Waals surface area contributed by atoms with E-state index in [0.717, 1.165) is 47.6 Å². The zero-order valence-electron chi connectivity index (χ0n) is 12.8. The van der Waals surface area contributed by atoms with E-state index in [-0.39, 0.29) is 0 Å². The van der Waals surface area contributed by atoms with Crippen molar-refractivity contribution in [2.75, 3.05) is 11.9 Å². The fourth-order valence-corrected chi connectivity index (χ4v) is 2.63. The molecule has 0 atom stereocenters.